The minimum atomic E-state index is -4.89. The summed E-state index contributed by atoms with van der Waals surface area (Å²) in [6.07, 6.45) is -9.46. The van der Waals surface area contributed by atoms with Crippen molar-refractivity contribution in [2.45, 2.75) is 64.5 Å². The Bertz CT molecular complexity index is 1490. The van der Waals surface area contributed by atoms with Gasteiger partial charge in [0.2, 0.25) is 0 Å². The lowest BCUT2D eigenvalue weighted by molar-refractivity contribution is -0.220. The summed E-state index contributed by atoms with van der Waals surface area (Å²) in [7, 11) is 0.940. The monoisotopic (exact) mass is 786 g/mol. The van der Waals surface area contributed by atoms with Gasteiger partial charge >= 0.3 is 12.3 Å². The van der Waals surface area contributed by atoms with E-state index < -0.39 is 84.7 Å². The third-order valence-corrected chi connectivity index (χ3v) is 8.42. The highest BCUT2D eigenvalue weighted by Crippen LogP contribution is 2.41. The molecule has 0 unspecified atom stereocenters. The molecule has 3 N–H and O–H groups in total. The first-order valence-electron chi connectivity index (χ1n) is 14.3. The Morgan fingerprint density at radius 1 is 1.06 bits per heavy atom. The Labute approximate surface area is 280 Å². The highest BCUT2D eigenvalue weighted by molar-refractivity contribution is 14.1. The molecular weight excluding hydrogens is 752 g/mol. The van der Waals surface area contributed by atoms with Gasteiger partial charge in [0, 0.05) is 40.4 Å². The average Bonchev–Trinajstić information content (AvgIpc) is 3.44. The van der Waals surface area contributed by atoms with E-state index in [1.807, 2.05) is 5.32 Å². The molecular formula is C31H34F7IN4O4. The van der Waals surface area contributed by atoms with Crippen molar-refractivity contribution in [2.75, 3.05) is 13.7 Å². The van der Waals surface area contributed by atoms with Gasteiger partial charge in [-0.05, 0) is 84.7 Å². The molecule has 0 saturated carbocycles. The molecule has 0 bridgehead atoms. The van der Waals surface area contributed by atoms with Gasteiger partial charge in [0.25, 0.3) is 6.43 Å². The molecule has 3 atom stereocenters. The van der Waals surface area contributed by atoms with Crippen LogP contribution in [-0.2, 0) is 29.0 Å². The third-order valence-electron chi connectivity index (χ3n) is 7.70. The molecule has 0 fully saturated rings. The third kappa shape index (κ3) is 10.4. The van der Waals surface area contributed by atoms with Gasteiger partial charge in [-0.25, -0.2) is 22.4 Å². The Morgan fingerprint density at radius 2 is 1.68 bits per heavy atom. The molecule has 3 rings (SSSR count). The van der Waals surface area contributed by atoms with Crippen LogP contribution in [0.15, 0.2) is 48.7 Å². The van der Waals surface area contributed by atoms with Gasteiger partial charge in [0.1, 0.15) is 24.2 Å². The second kappa shape index (κ2) is 16.2. The van der Waals surface area contributed by atoms with Gasteiger partial charge in [-0.15, -0.1) is 0 Å². The molecule has 8 nitrogen and oxygen atoms in total. The number of rotatable bonds is 15. The number of Topliss-reactive ketones (excluding diaryl/α,β-unsaturated/α-hetero) is 1. The molecule has 0 spiro atoms. The summed E-state index contributed by atoms with van der Waals surface area (Å²) in [5.74, 6) is -3.92. The molecule has 0 radical (unpaired) electrons. The number of alkyl halides is 5. The van der Waals surface area contributed by atoms with E-state index in [2.05, 4.69) is 37.7 Å². The molecule has 1 aromatic heterocycles. The minimum absolute atomic E-state index is 0.0183. The second-order valence-corrected chi connectivity index (χ2v) is 12.7. The van der Waals surface area contributed by atoms with Crippen LogP contribution in [0.1, 0.15) is 31.4 Å². The number of carbonyl (C=O) groups excluding carboxylic acids is 2. The number of benzene rings is 2. The molecule has 0 aliphatic carbocycles. The number of nitrogens with one attached hydrogen (secondary N) is 2. The molecule has 258 valence electrons. The molecule has 16 heteroatoms. The van der Waals surface area contributed by atoms with Crippen LogP contribution in [-0.4, -0.2) is 65.2 Å². The van der Waals surface area contributed by atoms with Crippen LogP contribution in [0.2, 0.25) is 0 Å². The van der Waals surface area contributed by atoms with E-state index in [0.717, 1.165) is 41.3 Å². The first-order valence-corrected chi connectivity index (χ1v) is 15.4. The molecule has 1 heterocycles. The SMILES string of the molecule is COC(=O)N[C@H](C(=O)C[C@@H](Cc1ccc(I)cc1)[C@@H](O)CNCc1c(F)cc(-c2ccn(CC(F)F)n2)cc1F)C(C)(C)C(F)(F)F. The van der Waals surface area contributed by atoms with Gasteiger partial charge in [-0.3, -0.25) is 9.48 Å². The van der Waals surface area contributed by atoms with Crippen molar-refractivity contribution in [3.05, 3.63) is 75.0 Å². The predicted molar refractivity (Wildman–Crippen MR) is 166 cm³/mol. The largest absolute Gasteiger partial charge is 0.453 e. The van der Waals surface area contributed by atoms with Crippen LogP contribution in [0.25, 0.3) is 11.3 Å². The van der Waals surface area contributed by atoms with Crippen LogP contribution < -0.4 is 10.6 Å². The number of aliphatic hydroxyl groups excluding tert-OH is 1. The maximum absolute atomic E-state index is 14.9. The molecule has 0 aliphatic rings. The number of amides is 1. The molecule has 1 amide bonds. The number of alkyl carbamates (subject to hydrolysis) is 1. The summed E-state index contributed by atoms with van der Waals surface area (Å²) in [6, 6.07) is 8.26. The van der Waals surface area contributed by atoms with Crippen molar-refractivity contribution in [1.82, 2.24) is 20.4 Å². The van der Waals surface area contributed by atoms with E-state index in [9.17, 15) is 45.4 Å². The zero-order chi connectivity index (χ0) is 35.1. The fraction of sp³-hybridized carbons (Fsp3) is 0.452. The Hall–Kier alpha value is -3.25. The van der Waals surface area contributed by atoms with Crippen LogP contribution in [0.5, 0.6) is 0 Å². The Balaban J connectivity index is 1.78. The minimum Gasteiger partial charge on any atom is -0.453 e. The zero-order valence-electron chi connectivity index (χ0n) is 25.6. The average molecular weight is 787 g/mol. The lowest BCUT2D eigenvalue weighted by Gasteiger charge is -2.36. The number of carbonyl (C=O) groups is 2. The highest BCUT2D eigenvalue weighted by Gasteiger charge is 2.55. The van der Waals surface area contributed by atoms with Crippen molar-refractivity contribution in [2.24, 2.45) is 11.3 Å². The van der Waals surface area contributed by atoms with E-state index in [-0.39, 0.29) is 24.2 Å². The van der Waals surface area contributed by atoms with Gasteiger partial charge in [0.05, 0.1) is 24.3 Å². The number of ketones is 1. The van der Waals surface area contributed by atoms with Crippen molar-refractivity contribution >= 4 is 34.5 Å². The van der Waals surface area contributed by atoms with Crippen molar-refractivity contribution in [3.63, 3.8) is 0 Å². The fourth-order valence-electron chi connectivity index (χ4n) is 4.84. The number of aromatic nitrogens is 2. The van der Waals surface area contributed by atoms with Crippen LogP contribution >= 0.6 is 22.6 Å². The van der Waals surface area contributed by atoms with Crippen molar-refractivity contribution in [3.8, 4) is 11.3 Å². The van der Waals surface area contributed by atoms with Gasteiger partial charge in [-0.2, -0.15) is 18.3 Å². The van der Waals surface area contributed by atoms with Gasteiger partial charge in [0.15, 0.2) is 5.78 Å². The van der Waals surface area contributed by atoms with E-state index in [0.29, 0.717) is 5.56 Å². The van der Waals surface area contributed by atoms with Crippen LogP contribution in [0.4, 0.5) is 35.5 Å². The number of hydrogen-bond donors (Lipinski definition) is 3. The summed E-state index contributed by atoms with van der Waals surface area (Å²) in [5.41, 5.74) is -2.33. The Kier molecular flexibility index (Phi) is 13.2. The first-order chi connectivity index (χ1) is 21.9. The maximum atomic E-state index is 14.9. The van der Waals surface area contributed by atoms with Crippen LogP contribution in [0.3, 0.4) is 0 Å². The fourth-order valence-corrected chi connectivity index (χ4v) is 5.20. The molecule has 2 aromatic carbocycles. The van der Waals surface area contributed by atoms with Crippen molar-refractivity contribution < 1.29 is 50.2 Å². The van der Waals surface area contributed by atoms with Crippen molar-refractivity contribution in [1.29, 1.82) is 0 Å². The number of ether oxygens (including phenoxy) is 1. The smallest absolute Gasteiger partial charge is 0.407 e. The second-order valence-electron chi connectivity index (χ2n) is 11.5. The lowest BCUT2D eigenvalue weighted by Crippen LogP contribution is -2.56. The van der Waals surface area contributed by atoms with E-state index in [4.69, 9.17) is 0 Å². The molecule has 0 aliphatic heterocycles. The number of hydrogen-bond acceptors (Lipinski definition) is 6. The Morgan fingerprint density at radius 3 is 2.23 bits per heavy atom. The standard InChI is InChI=1S/C31H34F7IN4O4/c1-30(2,31(36,37)38)28(41-29(46)47-3)25(44)13-19(10-17-4-6-20(39)7-5-17)26(45)15-40-14-21-22(32)11-18(12-23(21)33)24-8-9-43(42-24)16-27(34)35/h4-9,11-12,19,26-28,40,45H,10,13-16H2,1-3H3,(H,41,46)/t19-,26+,28-/m1/s1. The normalized spacial score (nSPS) is 14.1. The predicted octanol–water partition coefficient (Wildman–Crippen LogP) is 6.28. The van der Waals surface area contributed by atoms with Crippen LogP contribution in [0, 0.1) is 26.5 Å². The molecule has 0 saturated heterocycles. The quantitative estimate of drug-likeness (QED) is 0.124. The molecule has 47 heavy (non-hydrogen) atoms. The number of aliphatic hydroxyl groups is 1. The molecule has 3 aromatic rings. The summed E-state index contributed by atoms with van der Waals surface area (Å²) >= 11 is 2.08. The van der Waals surface area contributed by atoms with E-state index in [1.54, 1.807) is 24.3 Å². The highest BCUT2D eigenvalue weighted by atomic mass is 127. The first kappa shape index (κ1) is 38.2. The van der Waals surface area contributed by atoms with E-state index in [1.165, 1.54) is 12.3 Å². The number of methoxy groups -OCH3 is 1. The van der Waals surface area contributed by atoms with Gasteiger partial charge < -0.3 is 20.5 Å². The van der Waals surface area contributed by atoms with E-state index >= 15 is 0 Å². The van der Waals surface area contributed by atoms with Gasteiger partial charge in [-0.1, -0.05) is 12.1 Å². The zero-order valence-corrected chi connectivity index (χ0v) is 27.7. The summed E-state index contributed by atoms with van der Waals surface area (Å²) in [5, 5.41) is 19.7. The topological polar surface area (TPSA) is 105 Å². The summed E-state index contributed by atoms with van der Waals surface area (Å²) in [4.78, 5) is 25.3. The number of nitrogens with zero attached hydrogens (tertiary/aromatic N) is 2. The lowest BCUT2D eigenvalue weighted by atomic mass is 9.77. The summed E-state index contributed by atoms with van der Waals surface area (Å²) < 4.78 is 103. The summed E-state index contributed by atoms with van der Waals surface area (Å²) in [6.45, 7) is 0.126. The maximum Gasteiger partial charge on any atom is 0.407 e. The number of halogens is 8.